The van der Waals surface area contributed by atoms with E-state index >= 15 is 0 Å². The van der Waals surface area contributed by atoms with Crippen molar-refractivity contribution in [3.63, 3.8) is 0 Å². The molecule has 0 aliphatic heterocycles. The van der Waals surface area contributed by atoms with Crippen LogP contribution in [0.15, 0.2) is 52.9 Å². The van der Waals surface area contributed by atoms with Gasteiger partial charge in [-0.05, 0) is 42.0 Å². The zero-order valence-electron chi connectivity index (χ0n) is 16.1. The number of aromatic nitrogens is 4. The summed E-state index contributed by atoms with van der Waals surface area (Å²) in [7, 11) is 0. The third-order valence-electron chi connectivity index (χ3n) is 4.35. The predicted molar refractivity (Wildman–Crippen MR) is 113 cm³/mol. The van der Waals surface area contributed by atoms with E-state index < -0.39 is 5.95 Å². The van der Waals surface area contributed by atoms with Crippen LogP contribution in [0.5, 0.6) is 0 Å². The van der Waals surface area contributed by atoms with Crippen LogP contribution in [0.3, 0.4) is 0 Å². The fourth-order valence-corrected chi connectivity index (χ4v) is 3.59. The topological polar surface area (TPSA) is 85.8 Å². The molecule has 1 amide bonds. The molecule has 0 unspecified atom stereocenters. The van der Waals surface area contributed by atoms with Crippen molar-refractivity contribution in [2.45, 2.75) is 19.9 Å². The van der Waals surface area contributed by atoms with Crippen molar-refractivity contribution in [3.8, 4) is 0 Å². The molecule has 0 aliphatic rings. The van der Waals surface area contributed by atoms with E-state index in [-0.39, 0.29) is 5.91 Å². The third kappa shape index (κ3) is 4.52. The third-order valence-corrected chi connectivity index (χ3v) is 5.13. The number of hydrogen-bond acceptors (Lipinski definition) is 6. The Morgan fingerprint density at radius 1 is 1.33 bits per heavy atom. The van der Waals surface area contributed by atoms with E-state index in [9.17, 15) is 9.18 Å². The first-order chi connectivity index (χ1) is 14.6. The van der Waals surface area contributed by atoms with Crippen LogP contribution >= 0.6 is 11.3 Å². The van der Waals surface area contributed by atoms with Crippen LogP contribution in [0.2, 0.25) is 0 Å². The fraction of sp³-hybridized carbons (Fsp3) is 0.143. The number of amides is 1. The van der Waals surface area contributed by atoms with Crippen LogP contribution in [0.4, 0.5) is 9.52 Å². The molecule has 0 aromatic carbocycles. The summed E-state index contributed by atoms with van der Waals surface area (Å²) in [5, 5.41) is 5.14. The lowest BCUT2D eigenvalue weighted by atomic mass is 10.2. The van der Waals surface area contributed by atoms with Crippen molar-refractivity contribution < 1.29 is 13.6 Å². The van der Waals surface area contributed by atoms with Crippen molar-refractivity contribution in [3.05, 3.63) is 82.8 Å². The molecule has 0 saturated heterocycles. The molecule has 0 bridgehead atoms. The number of hydrogen-bond donors (Lipinski definition) is 1. The maximum absolute atomic E-state index is 13.3. The van der Waals surface area contributed by atoms with Gasteiger partial charge in [0.25, 0.3) is 5.91 Å². The van der Waals surface area contributed by atoms with Crippen LogP contribution in [0, 0.1) is 5.95 Å². The molecule has 9 heteroatoms. The number of nitrogens with one attached hydrogen (secondary N) is 1. The van der Waals surface area contributed by atoms with E-state index in [0.29, 0.717) is 28.6 Å². The van der Waals surface area contributed by atoms with Gasteiger partial charge < -0.3 is 8.98 Å². The minimum Gasteiger partial charge on any atom is -0.448 e. The largest absolute Gasteiger partial charge is 0.448 e. The zero-order chi connectivity index (χ0) is 20.9. The van der Waals surface area contributed by atoms with Crippen molar-refractivity contribution in [2.24, 2.45) is 0 Å². The first kappa shape index (κ1) is 19.7. The van der Waals surface area contributed by atoms with Gasteiger partial charge in [0.2, 0.25) is 5.95 Å². The van der Waals surface area contributed by atoms with Gasteiger partial charge >= 0.3 is 0 Å². The molecule has 7 nitrogen and oxygen atoms in total. The van der Waals surface area contributed by atoms with Crippen LogP contribution in [0.1, 0.15) is 40.1 Å². The molecule has 0 saturated carbocycles. The Hall–Kier alpha value is -3.59. The molecule has 4 aromatic heterocycles. The van der Waals surface area contributed by atoms with E-state index in [1.54, 1.807) is 29.0 Å². The molecule has 30 heavy (non-hydrogen) atoms. The van der Waals surface area contributed by atoms with Gasteiger partial charge in [-0.1, -0.05) is 6.92 Å². The number of anilines is 1. The minimum absolute atomic E-state index is 0.288. The monoisotopic (exact) mass is 423 g/mol. The van der Waals surface area contributed by atoms with Gasteiger partial charge in [-0.25, -0.2) is 15.0 Å². The second-order valence-corrected chi connectivity index (χ2v) is 7.25. The maximum Gasteiger partial charge on any atom is 0.274 e. The Morgan fingerprint density at radius 2 is 2.23 bits per heavy atom. The Morgan fingerprint density at radius 3 is 3.07 bits per heavy atom. The van der Waals surface area contributed by atoms with Crippen molar-refractivity contribution in [1.82, 2.24) is 19.5 Å². The summed E-state index contributed by atoms with van der Waals surface area (Å²) in [5.41, 5.74) is 2.65. The summed E-state index contributed by atoms with van der Waals surface area (Å²) in [6, 6.07) is 6.53. The lowest BCUT2D eigenvalue weighted by molar-refractivity contribution is 0.101. The Labute approximate surface area is 175 Å². The number of aryl methyl sites for hydroxylation is 1. The summed E-state index contributed by atoms with van der Waals surface area (Å²) < 4.78 is 20.4. The molecule has 152 valence electrons. The summed E-state index contributed by atoms with van der Waals surface area (Å²) in [6.45, 7) is 2.36. The number of oxazole rings is 1. The molecule has 0 fully saturated rings. The molecule has 0 radical (unpaired) electrons. The highest BCUT2D eigenvalue weighted by molar-refractivity contribution is 7.14. The lowest BCUT2D eigenvalue weighted by Gasteiger charge is -2.09. The fourth-order valence-electron chi connectivity index (χ4n) is 2.92. The highest BCUT2D eigenvalue weighted by Crippen LogP contribution is 2.19. The molecule has 0 atom stereocenters. The number of rotatable bonds is 7. The minimum atomic E-state index is -0.550. The van der Waals surface area contributed by atoms with Gasteiger partial charge in [-0.3, -0.25) is 10.1 Å². The van der Waals surface area contributed by atoms with E-state index in [2.05, 4.69) is 20.3 Å². The summed E-state index contributed by atoms with van der Waals surface area (Å²) in [4.78, 5) is 24.8. The standard InChI is InChI=1S/C21H18FN5O2S/c1-2-18-16(24-13-29-18)6-5-15-12-30-21(25-15)26-20(28)17-4-3-9-27(17)11-14-7-8-23-19(22)10-14/h3-10,12-13H,2,11H2,1H3,(H,25,26,28)/b6-5+. The SMILES string of the molecule is CCc1ocnc1/C=C/c1csc(NC(=O)c2cccn2Cc2ccnc(F)c2)n1. The Bertz CT molecular complexity index is 1190. The quantitative estimate of drug-likeness (QED) is 0.442. The summed E-state index contributed by atoms with van der Waals surface area (Å²) >= 11 is 1.33. The molecular formula is C21H18FN5O2S. The maximum atomic E-state index is 13.3. The molecule has 0 aliphatic carbocycles. The number of carbonyl (C=O) groups is 1. The van der Waals surface area contributed by atoms with E-state index in [1.807, 2.05) is 24.5 Å². The normalized spacial score (nSPS) is 11.3. The van der Waals surface area contributed by atoms with E-state index in [0.717, 1.165) is 17.9 Å². The average molecular weight is 423 g/mol. The molecule has 4 rings (SSSR count). The number of thiazole rings is 1. The number of pyridine rings is 1. The summed E-state index contributed by atoms with van der Waals surface area (Å²) in [5.74, 6) is -0.0280. The van der Waals surface area contributed by atoms with Crippen molar-refractivity contribution in [2.75, 3.05) is 5.32 Å². The van der Waals surface area contributed by atoms with Gasteiger partial charge in [-0.15, -0.1) is 11.3 Å². The highest BCUT2D eigenvalue weighted by Gasteiger charge is 2.13. The van der Waals surface area contributed by atoms with Gasteiger partial charge in [0.1, 0.15) is 17.1 Å². The van der Waals surface area contributed by atoms with Crippen LogP contribution in [0.25, 0.3) is 12.2 Å². The Kier molecular flexibility index (Phi) is 5.80. The summed E-state index contributed by atoms with van der Waals surface area (Å²) in [6.07, 6.45) is 9.00. The van der Waals surface area contributed by atoms with Crippen molar-refractivity contribution in [1.29, 1.82) is 0 Å². The van der Waals surface area contributed by atoms with Crippen LogP contribution in [-0.4, -0.2) is 25.4 Å². The van der Waals surface area contributed by atoms with Gasteiger partial charge in [0.05, 0.1) is 5.69 Å². The van der Waals surface area contributed by atoms with Gasteiger partial charge in [0.15, 0.2) is 11.5 Å². The van der Waals surface area contributed by atoms with E-state index in [4.69, 9.17) is 4.42 Å². The highest BCUT2D eigenvalue weighted by atomic mass is 32.1. The first-order valence-electron chi connectivity index (χ1n) is 9.25. The van der Waals surface area contributed by atoms with E-state index in [1.165, 1.54) is 30.0 Å². The van der Waals surface area contributed by atoms with Gasteiger partial charge in [-0.2, -0.15) is 4.39 Å². The smallest absolute Gasteiger partial charge is 0.274 e. The van der Waals surface area contributed by atoms with Crippen LogP contribution < -0.4 is 5.32 Å². The number of carbonyl (C=O) groups excluding carboxylic acids is 1. The molecular weight excluding hydrogens is 405 g/mol. The Balaban J connectivity index is 1.43. The molecule has 4 heterocycles. The number of halogens is 1. The average Bonchev–Trinajstić information content (AvgIpc) is 3.47. The lowest BCUT2D eigenvalue weighted by Crippen LogP contribution is -2.17. The van der Waals surface area contributed by atoms with Crippen molar-refractivity contribution >= 4 is 34.5 Å². The second-order valence-electron chi connectivity index (χ2n) is 6.39. The number of nitrogens with zero attached hydrogens (tertiary/aromatic N) is 4. The molecule has 4 aromatic rings. The van der Waals surface area contributed by atoms with Crippen LogP contribution in [-0.2, 0) is 13.0 Å². The second kappa shape index (κ2) is 8.83. The molecule has 1 N–H and O–H groups in total. The zero-order valence-corrected chi connectivity index (χ0v) is 16.9. The molecule has 0 spiro atoms. The van der Waals surface area contributed by atoms with Gasteiger partial charge in [0, 0.05) is 30.7 Å². The first-order valence-corrected chi connectivity index (χ1v) is 10.1. The predicted octanol–water partition coefficient (Wildman–Crippen LogP) is 4.50.